The molecule has 1 amide bonds. The second-order valence-corrected chi connectivity index (χ2v) is 6.39. The van der Waals surface area contributed by atoms with E-state index in [0.29, 0.717) is 5.69 Å². The van der Waals surface area contributed by atoms with Gasteiger partial charge in [-0.2, -0.15) is 0 Å². The summed E-state index contributed by atoms with van der Waals surface area (Å²) >= 11 is 1.52. The third-order valence-corrected chi connectivity index (χ3v) is 4.61. The van der Waals surface area contributed by atoms with Gasteiger partial charge in [-0.1, -0.05) is 44.2 Å². The summed E-state index contributed by atoms with van der Waals surface area (Å²) in [6.07, 6.45) is 3.90. The number of hydrogen-bond donors (Lipinski definition) is 0. The molecule has 0 bridgehead atoms. The minimum absolute atomic E-state index is 0.0944. The Morgan fingerprint density at radius 3 is 2.52 bits per heavy atom. The number of thiazole rings is 1. The molecule has 0 fully saturated rings. The van der Waals surface area contributed by atoms with Crippen LogP contribution in [-0.4, -0.2) is 33.3 Å². The minimum atomic E-state index is 0.0944. The lowest BCUT2D eigenvalue weighted by atomic mass is 10.2. The number of imidazole rings is 1. The zero-order valence-corrected chi connectivity index (χ0v) is 14.3. The summed E-state index contributed by atoms with van der Waals surface area (Å²) in [5, 5.41) is 1.91. The van der Waals surface area contributed by atoms with Crippen LogP contribution in [0.3, 0.4) is 0 Å². The summed E-state index contributed by atoms with van der Waals surface area (Å²) in [5.41, 5.74) is 2.69. The lowest BCUT2D eigenvalue weighted by Gasteiger charge is -2.20. The van der Waals surface area contributed by atoms with Crippen molar-refractivity contribution in [1.29, 1.82) is 0 Å². The van der Waals surface area contributed by atoms with Gasteiger partial charge in [0.25, 0.3) is 5.91 Å². The van der Waals surface area contributed by atoms with E-state index in [1.54, 1.807) is 0 Å². The van der Waals surface area contributed by atoms with Crippen molar-refractivity contribution in [2.75, 3.05) is 13.1 Å². The van der Waals surface area contributed by atoms with Crippen LogP contribution in [0.15, 0.2) is 41.9 Å². The Kier molecular flexibility index (Phi) is 4.76. The fraction of sp³-hybridized carbons (Fsp3) is 0.333. The van der Waals surface area contributed by atoms with Gasteiger partial charge in [0.05, 0.1) is 5.69 Å². The van der Waals surface area contributed by atoms with Gasteiger partial charge in [0.2, 0.25) is 0 Å². The Hall–Kier alpha value is -2.14. The first kappa shape index (κ1) is 15.7. The molecule has 0 saturated heterocycles. The van der Waals surface area contributed by atoms with Crippen molar-refractivity contribution in [3.05, 3.63) is 47.6 Å². The monoisotopic (exact) mass is 327 g/mol. The smallest absolute Gasteiger partial charge is 0.271 e. The molecule has 2 heterocycles. The molecular weight excluding hydrogens is 306 g/mol. The molecular formula is C18H21N3OS. The summed E-state index contributed by atoms with van der Waals surface area (Å²) < 4.78 is 1.92. The Morgan fingerprint density at radius 2 is 1.87 bits per heavy atom. The van der Waals surface area contributed by atoms with Crippen LogP contribution >= 0.6 is 11.3 Å². The average Bonchev–Trinajstić information content (AvgIpc) is 3.15. The van der Waals surface area contributed by atoms with E-state index in [-0.39, 0.29) is 5.91 Å². The quantitative estimate of drug-likeness (QED) is 0.676. The SMILES string of the molecule is CCCN(CCC)C(=O)c1csc2nc(-c3ccccc3)cn12. The Labute approximate surface area is 140 Å². The van der Waals surface area contributed by atoms with Gasteiger partial charge >= 0.3 is 0 Å². The number of rotatable bonds is 6. The van der Waals surface area contributed by atoms with E-state index in [1.165, 1.54) is 11.3 Å². The largest absolute Gasteiger partial charge is 0.337 e. The number of carbonyl (C=O) groups excluding carboxylic acids is 1. The summed E-state index contributed by atoms with van der Waals surface area (Å²) in [6.45, 7) is 5.79. The molecule has 120 valence electrons. The van der Waals surface area contributed by atoms with Crippen molar-refractivity contribution < 1.29 is 4.79 Å². The Bertz CT molecular complexity index is 785. The van der Waals surface area contributed by atoms with E-state index in [2.05, 4.69) is 18.8 Å². The van der Waals surface area contributed by atoms with Crippen molar-refractivity contribution in [1.82, 2.24) is 14.3 Å². The van der Waals surface area contributed by atoms with Gasteiger partial charge in [-0.3, -0.25) is 9.20 Å². The van der Waals surface area contributed by atoms with E-state index >= 15 is 0 Å². The van der Waals surface area contributed by atoms with E-state index in [4.69, 9.17) is 0 Å². The van der Waals surface area contributed by atoms with Crippen LogP contribution in [-0.2, 0) is 0 Å². The zero-order valence-electron chi connectivity index (χ0n) is 13.5. The number of carbonyl (C=O) groups is 1. The zero-order chi connectivity index (χ0) is 16.2. The highest BCUT2D eigenvalue weighted by Crippen LogP contribution is 2.24. The van der Waals surface area contributed by atoms with Crippen LogP contribution in [0.1, 0.15) is 37.2 Å². The molecule has 2 aromatic heterocycles. The predicted octanol–water partition coefficient (Wildman–Crippen LogP) is 4.33. The molecule has 23 heavy (non-hydrogen) atoms. The van der Waals surface area contributed by atoms with Crippen LogP contribution in [0.2, 0.25) is 0 Å². The minimum Gasteiger partial charge on any atom is -0.337 e. The van der Waals surface area contributed by atoms with E-state index in [0.717, 1.165) is 42.1 Å². The van der Waals surface area contributed by atoms with Crippen molar-refractivity contribution in [3.8, 4) is 11.3 Å². The number of fused-ring (bicyclic) bond motifs is 1. The molecule has 1 aromatic carbocycles. The molecule has 3 rings (SSSR count). The second kappa shape index (κ2) is 6.96. The molecule has 0 atom stereocenters. The van der Waals surface area contributed by atoms with Crippen LogP contribution in [0.4, 0.5) is 0 Å². The maximum Gasteiger partial charge on any atom is 0.271 e. The molecule has 0 unspecified atom stereocenters. The summed E-state index contributed by atoms with van der Waals surface area (Å²) in [7, 11) is 0. The fourth-order valence-corrected chi connectivity index (χ4v) is 3.55. The molecule has 0 saturated carbocycles. The van der Waals surface area contributed by atoms with Crippen molar-refractivity contribution in [3.63, 3.8) is 0 Å². The van der Waals surface area contributed by atoms with Crippen LogP contribution < -0.4 is 0 Å². The predicted molar refractivity (Wildman–Crippen MR) is 95.0 cm³/mol. The third kappa shape index (κ3) is 3.15. The number of nitrogens with zero attached hydrogens (tertiary/aromatic N) is 3. The highest BCUT2D eigenvalue weighted by Gasteiger charge is 2.19. The van der Waals surface area contributed by atoms with Crippen LogP contribution in [0, 0.1) is 0 Å². The van der Waals surface area contributed by atoms with Gasteiger partial charge < -0.3 is 4.90 Å². The van der Waals surface area contributed by atoms with Gasteiger partial charge in [0.1, 0.15) is 5.69 Å². The molecule has 0 aliphatic rings. The molecule has 0 aliphatic carbocycles. The van der Waals surface area contributed by atoms with E-state index < -0.39 is 0 Å². The lowest BCUT2D eigenvalue weighted by Crippen LogP contribution is -2.33. The molecule has 5 heteroatoms. The molecule has 0 spiro atoms. The maximum atomic E-state index is 12.8. The van der Waals surface area contributed by atoms with Crippen molar-refractivity contribution in [2.24, 2.45) is 0 Å². The van der Waals surface area contributed by atoms with E-state index in [1.807, 2.05) is 51.2 Å². The second-order valence-electron chi connectivity index (χ2n) is 5.56. The number of amides is 1. The summed E-state index contributed by atoms with van der Waals surface area (Å²) in [6, 6.07) is 10.1. The van der Waals surface area contributed by atoms with Crippen molar-refractivity contribution in [2.45, 2.75) is 26.7 Å². The number of aromatic nitrogens is 2. The standard InChI is InChI=1S/C18H21N3OS/c1-3-10-20(11-4-2)17(22)16-13-23-18-19-15(12-21(16)18)14-8-6-5-7-9-14/h5-9,12-13H,3-4,10-11H2,1-2H3. The van der Waals surface area contributed by atoms with E-state index in [9.17, 15) is 4.79 Å². The highest BCUT2D eigenvalue weighted by molar-refractivity contribution is 7.15. The third-order valence-electron chi connectivity index (χ3n) is 3.77. The highest BCUT2D eigenvalue weighted by atomic mass is 32.1. The summed E-state index contributed by atoms with van der Waals surface area (Å²) in [5.74, 6) is 0.0944. The first-order valence-corrected chi connectivity index (χ1v) is 8.93. The molecule has 0 N–H and O–H groups in total. The Morgan fingerprint density at radius 1 is 1.17 bits per heavy atom. The van der Waals surface area contributed by atoms with Crippen LogP contribution in [0.25, 0.3) is 16.2 Å². The van der Waals surface area contributed by atoms with Gasteiger partial charge in [0.15, 0.2) is 4.96 Å². The fourth-order valence-electron chi connectivity index (χ4n) is 2.70. The first-order valence-electron chi connectivity index (χ1n) is 8.05. The van der Waals surface area contributed by atoms with Crippen LogP contribution in [0.5, 0.6) is 0 Å². The number of benzene rings is 1. The normalized spacial score (nSPS) is 11.0. The maximum absolute atomic E-state index is 12.8. The summed E-state index contributed by atoms with van der Waals surface area (Å²) in [4.78, 5) is 20.3. The number of hydrogen-bond acceptors (Lipinski definition) is 3. The molecule has 4 nitrogen and oxygen atoms in total. The lowest BCUT2D eigenvalue weighted by molar-refractivity contribution is 0.0749. The molecule has 3 aromatic rings. The first-order chi connectivity index (χ1) is 11.2. The van der Waals surface area contributed by atoms with Crippen molar-refractivity contribution >= 4 is 22.2 Å². The molecule has 0 radical (unpaired) electrons. The molecule has 0 aliphatic heterocycles. The Balaban J connectivity index is 1.95. The van der Waals surface area contributed by atoms with Gasteiger partial charge in [-0.15, -0.1) is 11.3 Å². The van der Waals surface area contributed by atoms with Gasteiger partial charge in [-0.25, -0.2) is 4.98 Å². The topological polar surface area (TPSA) is 37.6 Å². The average molecular weight is 327 g/mol. The van der Waals surface area contributed by atoms with Gasteiger partial charge in [0, 0.05) is 30.2 Å². The van der Waals surface area contributed by atoms with Gasteiger partial charge in [-0.05, 0) is 12.8 Å².